The quantitative estimate of drug-likeness (QED) is 0.695. The molecule has 6 heteroatoms. The minimum Gasteiger partial charge on any atom is -0.315 e. The van der Waals surface area contributed by atoms with E-state index in [4.69, 9.17) is 9.05 Å². The van der Waals surface area contributed by atoms with E-state index in [1.54, 1.807) is 44.2 Å². The Morgan fingerprint density at radius 1 is 0.960 bits per heavy atom. The van der Waals surface area contributed by atoms with Gasteiger partial charge >= 0.3 is 7.60 Å². The van der Waals surface area contributed by atoms with E-state index in [1.165, 1.54) is 0 Å². The summed E-state index contributed by atoms with van der Waals surface area (Å²) in [6, 6.07) is 18.0. The zero-order valence-corrected chi connectivity index (χ0v) is 15.2. The van der Waals surface area contributed by atoms with Crippen molar-refractivity contribution in [3.05, 3.63) is 77.2 Å². The monoisotopic (exact) mass is 359 g/mol. The minimum atomic E-state index is -3.64. The molecule has 0 atom stereocenters. The summed E-state index contributed by atoms with van der Waals surface area (Å²) >= 11 is 0. The largest absolute Gasteiger partial charge is 0.377 e. The molecule has 0 saturated heterocycles. The van der Waals surface area contributed by atoms with Gasteiger partial charge in [-0.05, 0) is 37.6 Å². The summed E-state index contributed by atoms with van der Waals surface area (Å²) in [7, 11) is -3.64. The van der Waals surface area contributed by atoms with Gasteiger partial charge in [-0.3, -0.25) is 9.36 Å². The van der Waals surface area contributed by atoms with Crippen LogP contribution in [0.5, 0.6) is 0 Å². The Morgan fingerprint density at radius 3 is 2.00 bits per heavy atom. The van der Waals surface area contributed by atoms with Gasteiger partial charge in [0.05, 0.1) is 13.2 Å². The van der Waals surface area contributed by atoms with Crippen LogP contribution >= 0.6 is 7.60 Å². The van der Waals surface area contributed by atoms with Gasteiger partial charge in [0, 0.05) is 5.56 Å². The molecule has 0 bridgehead atoms. The highest BCUT2D eigenvalue weighted by molar-refractivity contribution is 7.58. The summed E-state index contributed by atoms with van der Waals surface area (Å²) in [5.74, 6) is -0.373. The first-order chi connectivity index (χ1) is 12.1. The van der Waals surface area contributed by atoms with Gasteiger partial charge in [-0.15, -0.1) is 0 Å². The zero-order valence-electron chi connectivity index (χ0n) is 14.3. The maximum absolute atomic E-state index is 13.2. The molecule has 0 unspecified atom stereocenters. The number of rotatable bonds is 8. The molecule has 0 aliphatic rings. The third kappa shape index (κ3) is 5.40. The zero-order chi connectivity index (χ0) is 18.1. The van der Waals surface area contributed by atoms with Crippen LogP contribution in [0.1, 0.15) is 29.8 Å². The van der Waals surface area contributed by atoms with E-state index in [0.717, 1.165) is 5.56 Å². The van der Waals surface area contributed by atoms with Crippen molar-refractivity contribution in [2.24, 2.45) is 0 Å². The molecule has 1 amide bonds. The van der Waals surface area contributed by atoms with Crippen LogP contribution in [0, 0.1) is 0 Å². The smallest absolute Gasteiger partial charge is 0.315 e. The van der Waals surface area contributed by atoms with E-state index in [0.29, 0.717) is 5.56 Å². The number of hydrogen-bond donors (Lipinski definition) is 1. The molecule has 1 N–H and O–H groups in total. The molecule has 0 saturated carbocycles. The van der Waals surface area contributed by atoms with E-state index in [9.17, 15) is 9.36 Å². The Balaban J connectivity index is 2.40. The number of carbonyl (C=O) groups excluding carboxylic acids is 1. The van der Waals surface area contributed by atoms with Crippen molar-refractivity contribution in [1.29, 1.82) is 0 Å². The molecular weight excluding hydrogens is 337 g/mol. The highest BCUT2D eigenvalue weighted by Gasteiger charge is 2.31. The first kappa shape index (κ1) is 19.1. The summed E-state index contributed by atoms with van der Waals surface area (Å²) in [4.78, 5) is 12.5. The van der Waals surface area contributed by atoms with E-state index in [1.807, 2.05) is 36.4 Å². The topological polar surface area (TPSA) is 64.6 Å². The van der Waals surface area contributed by atoms with Crippen LogP contribution in [0.2, 0.25) is 0 Å². The number of benzene rings is 2. The SMILES string of the molecule is CCOP(=O)(OCC)C(=Cc1ccccc1)NC(=O)c1ccccc1. The third-order valence-electron chi connectivity index (χ3n) is 3.27. The van der Waals surface area contributed by atoms with Crippen LogP contribution in [0.25, 0.3) is 6.08 Å². The standard InChI is InChI=1S/C19H22NO4P/c1-3-23-25(22,24-4-2)18(15-16-11-7-5-8-12-16)20-19(21)17-13-9-6-10-14-17/h5-15H,3-4H2,1-2H3,(H,20,21). The number of hydrogen-bond acceptors (Lipinski definition) is 4. The predicted molar refractivity (Wildman–Crippen MR) is 99.2 cm³/mol. The van der Waals surface area contributed by atoms with Crippen LogP contribution < -0.4 is 5.32 Å². The molecule has 2 rings (SSSR count). The van der Waals surface area contributed by atoms with E-state index in [-0.39, 0.29) is 24.6 Å². The second kappa shape index (κ2) is 9.33. The normalized spacial score (nSPS) is 12.0. The molecule has 0 aromatic heterocycles. The molecule has 0 fully saturated rings. The number of amides is 1. The first-order valence-electron chi connectivity index (χ1n) is 8.12. The first-order valence-corrected chi connectivity index (χ1v) is 9.66. The molecule has 2 aromatic rings. The van der Waals surface area contributed by atoms with Gasteiger partial charge in [-0.25, -0.2) is 0 Å². The van der Waals surface area contributed by atoms with Gasteiger partial charge in [0.25, 0.3) is 5.91 Å². The summed E-state index contributed by atoms with van der Waals surface area (Å²) in [5, 5.41) is 2.70. The fourth-order valence-corrected chi connectivity index (χ4v) is 3.76. The lowest BCUT2D eigenvalue weighted by atomic mass is 10.2. The lowest BCUT2D eigenvalue weighted by molar-refractivity contribution is 0.0965. The van der Waals surface area contributed by atoms with Crippen LogP contribution in [0.3, 0.4) is 0 Å². The summed E-state index contributed by atoms with van der Waals surface area (Å²) < 4.78 is 23.9. The molecule has 2 aromatic carbocycles. The molecule has 0 heterocycles. The van der Waals surface area contributed by atoms with Gasteiger partial charge < -0.3 is 14.4 Å². The molecular formula is C19H22NO4P. The van der Waals surface area contributed by atoms with Crippen molar-refractivity contribution in [1.82, 2.24) is 5.32 Å². The van der Waals surface area contributed by atoms with Crippen molar-refractivity contribution in [3.63, 3.8) is 0 Å². The van der Waals surface area contributed by atoms with Crippen LogP contribution in [0.4, 0.5) is 0 Å². The molecule has 25 heavy (non-hydrogen) atoms. The van der Waals surface area contributed by atoms with Gasteiger partial charge in [0.15, 0.2) is 0 Å². The Bertz CT molecular complexity index is 750. The lowest BCUT2D eigenvalue weighted by Crippen LogP contribution is -2.24. The molecule has 0 aliphatic carbocycles. The van der Waals surface area contributed by atoms with Crippen molar-refractivity contribution >= 4 is 19.6 Å². The molecule has 0 aliphatic heterocycles. The Kier molecular flexibility index (Phi) is 7.14. The molecule has 0 spiro atoms. The van der Waals surface area contributed by atoms with Gasteiger partial charge in [-0.2, -0.15) is 0 Å². The fourth-order valence-electron chi connectivity index (χ4n) is 2.19. The second-order valence-corrected chi connectivity index (χ2v) is 7.09. The van der Waals surface area contributed by atoms with Gasteiger partial charge in [0.1, 0.15) is 5.44 Å². The number of carbonyl (C=O) groups is 1. The summed E-state index contributed by atoms with van der Waals surface area (Å²) in [6.07, 6.45) is 1.62. The predicted octanol–water partition coefficient (Wildman–Crippen LogP) is 4.68. The Morgan fingerprint density at radius 2 is 1.48 bits per heavy atom. The number of nitrogens with one attached hydrogen (secondary N) is 1. The maximum Gasteiger partial charge on any atom is 0.377 e. The highest BCUT2D eigenvalue weighted by atomic mass is 31.2. The molecule has 132 valence electrons. The fraction of sp³-hybridized carbons (Fsp3) is 0.211. The molecule has 5 nitrogen and oxygen atoms in total. The summed E-state index contributed by atoms with van der Waals surface area (Å²) in [5.41, 5.74) is 1.36. The van der Waals surface area contributed by atoms with E-state index < -0.39 is 7.60 Å². The van der Waals surface area contributed by atoms with Crippen molar-refractivity contribution in [2.75, 3.05) is 13.2 Å². The van der Waals surface area contributed by atoms with Gasteiger partial charge in [0.2, 0.25) is 0 Å². The van der Waals surface area contributed by atoms with Crippen LogP contribution in [-0.2, 0) is 13.6 Å². The van der Waals surface area contributed by atoms with Gasteiger partial charge in [-0.1, -0.05) is 48.5 Å². The lowest BCUT2D eigenvalue weighted by Gasteiger charge is -2.20. The average Bonchev–Trinajstić information content (AvgIpc) is 2.63. The summed E-state index contributed by atoms with van der Waals surface area (Å²) in [6.45, 7) is 3.85. The maximum atomic E-state index is 13.2. The van der Waals surface area contributed by atoms with Crippen molar-refractivity contribution in [3.8, 4) is 0 Å². The van der Waals surface area contributed by atoms with Crippen molar-refractivity contribution in [2.45, 2.75) is 13.8 Å². The molecule has 0 radical (unpaired) electrons. The van der Waals surface area contributed by atoms with Crippen LogP contribution in [0.15, 0.2) is 66.1 Å². The van der Waals surface area contributed by atoms with Crippen molar-refractivity contribution < 1.29 is 18.4 Å². The Labute approximate surface area is 148 Å². The van der Waals surface area contributed by atoms with Crippen LogP contribution in [-0.4, -0.2) is 19.1 Å². The minimum absolute atomic E-state index is 0.122. The van der Waals surface area contributed by atoms with E-state index >= 15 is 0 Å². The second-order valence-electron chi connectivity index (χ2n) is 5.09. The van der Waals surface area contributed by atoms with E-state index in [2.05, 4.69) is 5.32 Å². The Hall–Kier alpha value is -2.20. The highest BCUT2D eigenvalue weighted by Crippen LogP contribution is 2.55. The average molecular weight is 359 g/mol. The third-order valence-corrected chi connectivity index (χ3v) is 5.30.